The predicted molar refractivity (Wildman–Crippen MR) is 343 cm³/mol. The molecule has 8 aromatic rings. The summed E-state index contributed by atoms with van der Waals surface area (Å²) < 4.78 is 43.5. The van der Waals surface area contributed by atoms with Gasteiger partial charge in [-0.05, 0) is 85.0 Å². The number of carboxylic acid groups (broad SMARTS) is 1. The van der Waals surface area contributed by atoms with Gasteiger partial charge in [0.15, 0.2) is 0 Å². The SMILES string of the molecule is CCCCCCOc1nsnc1C1=CCC[N+](C)(C(OC(=O)c2ccccc2)c2ccccc2)C1.CCCCCCOc1nsnc1C1=CCC[N+](C)(C(OC(=O)c2ccccc2)c2ccccc2)C1.O=C([O-])c1cccc(Cl)c1Cc1ccccc1.[I-]. The molecule has 462 valence electrons. The fourth-order valence-electron chi connectivity index (χ4n) is 10.8. The third-order valence-corrected chi connectivity index (χ3v) is 16.8. The van der Waals surface area contributed by atoms with Crippen LogP contribution in [-0.2, 0) is 15.9 Å². The summed E-state index contributed by atoms with van der Waals surface area (Å²) in [6, 6.07) is 52.8. The summed E-state index contributed by atoms with van der Waals surface area (Å²) in [6.07, 6.45) is 14.9. The number of hydrogen-bond donors (Lipinski definition) is 0. The Hall–Kier alpha value is -7.13. The number of rotatable bonds is 25. The van der Waals surface area contributed by atoms with E-state index in [0.29, 0.717) is 75.2 Å². The van der Waals surface area contributed by atoms with Gasteiger partial charge in [-0.3, -0.25) is 8.97 Å². The molecule has 0 saturated heterocycles. The van der Waals surface area contributed by atoms with Crippen LogP contribution in [0.2, 0.25) is 5.02 Å². The van der Waals surface area contributed by atoms with Crippen LogP contribution in [0.5, 0.6) is 11.8 Å². The Morgan fingerprint density at radius 1 is 0.534 bits per heavy atom. The van der Waals surface area contributed by atoms with Gasteiger partial charge in [0, 0.05) is 34.6 Å². The summed E-state index contributed by atoms with van der Waals surface area (Å²) in [4.78, 5) is 37.2. The standard InChI is InChI=1S/2C28H34N3O3S.C14H11ClO2.HI/c2*1-3-4-5-12-20-33-26-25(29-35-30-26)24-18-13-19-31(2,21-24)27(22-14-8-6-9-15-22)34-28(32)23-16-10-7-11-17-23;15-13-8-4-7-11(14(16)17)12(13)9-10-5-2-1-3-6-10;/h2*6-11,14-18,27H,3-5,12-13,19-21H2,1-2H3;1-8H,9H2,(H,16,17);1H/q2*+1;;/p-2. The number of benzene rings is 6. The normalized spacial score (nSPS) is 16.7. The minimum Gasteiger partial charge on any atom is -1.00 e. The molecule has 4 heterocycles. The van der Waals surface area contributed by atoms with Crippen molar-refractivity contribution in [2.75, 3.05) is 53.5 Å². The first kappa shape index (κ1) is 68.4. The Kier molecular flexibility index (Phi) is 27.3. The maximum atomic E-state index is 13.1. The molecular weight excluding hydrogens is 1280 g/mol. The average molecular weight is 1360 g/mol. The number of unbranched alkanes of at least 4 members (excludes halogenated alkanes) is 6. The van der Waals surface area contributed by atoms with Gasteiger partial charge < -0.3 is 52.8 Å². The van der Waals surface area contributed by atoms with Gasteiger partial charge in [-0.1, -0.05) is 191 Å². The number of likely N-dealkylation sites (N-methyl/N-ethyl adjacent to an activating group) is 2. The van der Waals surface area contributed by atoms with Crippen LogP contribution in [0.25, 0.3) is 11.1 Å². The van der Waals surface area contributed by atoms with Crippen molar-refractivity contribution in [2.24, 2.45) is 0 Å². The van der Waals surface area contributed by atoms with E-state index in [1.54, 1.807) is 36.4 Å². The smallest absolute Gasteiger partial charge is 0.342 e. The maximum absolute atomic E-state index is 13.1. The molecule has 0 saturated carbocycles. The van der Waals surface area contributed by atoms with Gasteiger partial charge in [-0.25, -0.2) is 9.59 Å². The number of aromatic carboxylic acids is 1. The number of carbonyl (C=O) groups excluding carboxylic acids is 3. The van der Waals surface area contributed by atoms with Gasteiger partial charge in [0.1, 0.15) is 24.5 Å². The number of aromatic nitrogens is 4. The third kappa shape index (κ3) is 19.4. The minimum absolute atomic E-state index is 0. The molecule has 0 bridgehead atoms. The van der Waals surface area contributed by atoms with Crippen molar-refractivity contribution in [1.82, 2.24) is 17.5 Å². The summed E-state index contributed by atoms with van der Waals surface area (Å²) in [6.45, 7) is 8.73. The third-order valence-electron chi connectivity index (χ3n) is 15.4. The van der Waals surface area contributed by atoms with Crippen molar-refractivity contribution in [3.8, 4) is 11.8 Å². The van der Waals surface area contributed by atoms with E-state index in [4.69, 9.17) is 30.5 Å². The van der Waals surface area contributed by atoms with Gasteiger partial charge >= 0.3 is 11.9 Å². The van der Waals surface area contributed by atoms with Crippen molar-refractivity contribution in [3.05, 3.63) is 237 Å². The van der Waals surface area contributed by atoms with Gasteiger partial charge in [-0.15, -0.1) is 8.75 Å². The molecule has 2 aromatic heterocycles. The minimum atomic E-state index is -1.20. The van der Waals surface area contributed by atoms with E-state index in [1.807, 2.05) is 127 Å². The number of nitrogens with zero attached hydrogens (tertiary/aromatic N) is 6. The van der Waals surface area contributed by atoms with Crippen LogP contribution >= 0.6 is 35.1 Å². The van der Waals surface area contributed by atoms with Crippen LogP contribution < -0.4 is 38.6 Å². The van der Waals surface area contributed by atoms with Gasteiger partial charge in [0.2, 0.25) is 0 Å². The number of carboxylic acids is 1. The quantitative estimate of drug-likeness (QED) is 0.0231. The lowest BCUT2D eigenvalue weighted by Crippen LogP contribution is -3.00. The highest BCUT2D eigenvalue weighted by molar-refractivity contribution is 6.99. The summed E-state index contributed by atoms with van der Waals surface area (Å²) in [7, 11) is 4.29. The first-order chi connectivity index (χ1) is 42.4. The number of quaternary nitrogens is 2. The second kappa shape index (κ2) is 35.2. The lowest BCUT2D eigenvalue weighted by molar-refractivity contribution is -0.953. The molecule has 0 amide bonds. The molecule has 6 aromatic carbocycles. The Bertz CT molecular complexity index is 3310. The van der Waals surface area contributed by atoms with Crippen molar-refractivity contribution in [2.45, 2.75) is 96.9 Å². The molecule has 0 spiro atoms. The molecule has 18 heteroatoms. The molecule has 2 aliphatic heterocycles. The lowest BCUT2D eigenvalue weighted by atomic mass is 10.00. The first-order valence-corrected chi connectivity index (χ1v) is 31.9. The molecular formula is C70H78ClIN6O8S2. The average Bonchev–Trinajstić information content (AvgIpc) is 1.41. The second-order valence-electron chi connectivity index (χ2n) is 22.2. The molecule has 88 heavy (non-hydrogen) atoms. The van der Waals surface area contributed by atoms with Crippen molar-refractivity contribution in [1.29, 1.82) is 0 Å². The molecule has 4 unspecified atom stereocenters. The molecule has 0 aliphatic carbocycles. The van der Waals surface area contributed by atoms with Gasteiger partial charge in [-0.2, -0.15) is 8.75 Å². The zero-order chi connectivity index (χ0) is 61.3. The molecule has 0 radical (unpaired) electrons. The Labute approximate surface area is 548 Å². The highest BCUT2D eigenvalue weighted by Gasteiger charge is 2.42. The van der Waals surface area contributed by atoms with Crippen LogP contribution in [0.4, 0.5) is 0 Å². The van der Waals surface area contributed by atoms with E-state index in [9.17, 15) is 19.5 Å². The Balaban J connectivity index is 0.000000198. The lowest BCUT2D eigenvalue weighted by Gasteiger charge is -2.42. The van der Waals surface area contributed by atoms with Crippen molar-refractivity contribution in [3.63, 3.8) is 0 Å². The topological polar surface area (TPSA) is 163 Å². The zero-order valence-corrected chi connectivity index (χ0v) is 55.1. The van der Waals surface area contributed by atoms with Gasteiger partial charge in [0.05, 0.1) is 92.1 Å². The predicted octanol–water partition coefficient (Wildman–Crippen LogP) is 11.9. The van der Waals surface area contributed by atoms with Crippen LogP contribution in [0, 0.1) is 0 Å². The molecule has 2 aliphatic rings. The molecule has 14 nitrogen and oxygen atoms in total. The Morgan fingerprint density at radius 2 is 0.943 bits per heavy atom. The van der Waals surface area contributed by atoms with Crippen molar-refractivity contribution >= 4 is 64.1 Å². The number of ether oxygens (including phenoxy) is 4. The van der Waals surface area contributed by atoms with Crippen molar-refractivity contribution < 1.29 is 71.4 Å². The molecule has 4 atom stereocenters. The van der Waals surface area contributed by atoms with E-state index >= 15 is 0 Å². The van der Waals surface area contributed by atoms with Crippen LogP contribution in [0.1, 0.15) is 155 Å². The zero-order valence-electron chi connectivity index (χ0n) is 50.5. The highest BCUT2D eigenvalue weighted by atomic mass is 127. The Morgan fingerprint density at radius 3 is 1.35 bits per heavy atom. The van der Waals surface area contributed by atoms with Crippen LogP contribution in [0.3, 0.4) is 0 Å². The van der Waals surface area contributed by atoms with E-state index in [2.05, 4.69) is 57.6 Å². The highest BCUT2D eigenvalue weighted by Crippen LogP contribution is 2.39. The maximum Gasteiger partial charge on any atom is 0.342 e. The van der Waals surface area contributed by atoms with Crippen LogP contribution in [0.15, 0.2) is 182 Å². The fraction of sp³-hybridized carbons (Fsp3) is 0.329. The van der Waals surface area contributed by atoms with E-state index in [1.165, 1.54) is 55.2 Å². The number of hydrogen-bond acceptors (Lipinski definition) is 14. The second-order valence-corrected chi connectivity index (χ2v) is 23.7. The first-order valence-electron chi connectivity index (χ1n) is 30.0. The largest absolute Gasteiger partial charge is 1.00 e. The summed E-state index contributed by atoms with van der Waals surface area (Å²) in [5.41, 5.74) is 8.64. The fourth-order valence-corrected chi connectivity index (χ4v) is 12.1. The summed E-state index contributed by atoms with van der Waals surface area (Å²) in [5, 5.41) is 11.4. The molecule has 0 N–H and O–H groups in total. The van der Waals surface area contributed by atoms with Crippen LogP contribution in [-0.4, -0.2) is 97.9 Å². The van der Waals surface area contributed by atoms with Gasteiger partial charge in [0.25, 0.3) is 24.2 Å². The summed E-state index contributed by atoms with van der Waals surface area (Å²) >= 11 is 8.40. The monoisotopic (exact) mass is 1360 g/mol. The number of esters is 2. The summed E-state index contributed by atoms with van der Waals surface area (Å²) in [5.74, 6) is -0.603. The number of halogens is 2. The number of carbonyl (C=O) groups is 3. The molecule has 10 rings (SSSR count). The molecule has 0 fully saturated rings. The van der Waals surface area contributed by atoms with E-state index in [-0.39, 0.29) is 41.5 Å². The van der Waals surface area contributed by atoms with E-state index < -0.39 is 18.4 Å². The van der Waals surface area contributed by atoms with E-state index in [0.717, 1.165) is 90.8 Å².